The molecular weight excluding hydrogens is 761 g/mol. The molecule has 2 heterocycles. The lowest BCUT2D eigenvalue weighted by Crippen LogP contribution is -2.32. The van der Waals surface area contributed by atoms with Crippen LogP contribution >= 0.6 is 0 Å². The molecule has 294 valence electrons. The number of nitrogens with zero attached hydrogens (tertiary/aromatic N) is 4. The van der Waals surface area contributed by atoms with E-state index in [2.05, 4.69) is 31.7 Å². The molecule has 0 atom stereocenters. The van der Waals surface area contributed by atoms with Gasteiger partial charge in [-0.15, -0.1) is 0 Å². The fourth-order valence-electron chi connectivity index (χ4n) is 5.79. The molecule has 0 aliphatic heterocycles. The molecular formula is C46H34N8O6. The number of aromatic hydroxyl groups is 2. The first-order valence-corrected chi connectivity index (χ1v) is 18.3. The number of hydrogen-bond donors (Lipinski definition) is 6. The van der Waals surface area contributed by atoms with Gasteiger partial charge in [-0.1, -0.05) is 97.1 Å². The molecule has 14 nitrogen and oxygen atoms in total. The highest BCUT2D eigenvalue weighted by atomic mass is 16.3. The number of rotatable bonds is 12. The van der Waals surface area contributed by atoms with Crippen LogP contribution in [0.25, 0.3) is 34.0 Å². The van der Waals surface area contributed by atoms with Crippen LogP contribution in [0.4, 0.5) is 0 Å². The smallest absolute Gasteiger partial charge is 0.287 e. The van der Waals surface area contributed by atoms with E-state index in [1.807, 2.05) is 24.3 Å². The number of nitrogens with one attached hydrogen (secondary N) is 4. The van der Waals surface area contributed by atoms with Crippen LogP contribution in [-0.2, 0) is 9.59 Å². The van der Waals surface area contributed by atoms with Gasteiger partial charge in [0, 0.05) is 33.0 Å². The fraction of sp³-hybridized carbons (Fsp3) is 0. The number of amides is 4. The van der Waals surface area contributed by atoms with Crippen molar-refractivity contribution >= 4 is 70.0 Å². The first-order valence-electron chi connectivity index (χ1n) is 18.3. The molecule has 2 aromatic heterocycles. The van der Waals surface area contributed by atoms with E-state index in [-0.39, 0.29) is 22.9 Å². The Morgan fingerprint density at radius 1 is 0.467 bits per heavy atom. The molecule has 0 radical (unpaired) electrons. The maximum Gasteiger partial charge on any atom is 0.287 e. The molecule has 0 saturated heterocycles. The highest BCUT2D eigenvalue weighted by Gasteiger charge is 2.17. The number of phenolic OH excluding ortho intramolecular Hbond substituents is 2. The molecule has 0 fully saturated rings. The maximum absolute atomic E-state index is 13.3. The predicted molar refractivity (Wildman–Crippen MR) is 229 cm³/mol. The summed E-state index contributed by atoms with van der Waals surface area (Å²) in [6, 6.07) is 40.3. The summed E-state index contributed by atoms with van der Waals surface area (Å²) < 4.78 is 0. The average molecular weight is 795 g/mol. The lowest BCUT2D eigenvalue weighted by molar-refractivity contribution is -0.118. The van der Waals surface area contributed by atoms with E-state index in [0.717, 1.165) is 10.8 Å². The predicted octanol–water partition coefficient (Wildman–Crippen LogP) is 6.04. The summed E-state index contributed by atoms with van der Waals surface area (Å²) in [4.78, 5) is 62.0. The van der Waals surface area contributed by atoms with Crippen LogP contribution in [0.5, 0.6) is 11.5 Å². The number of carbonyl (C=O) groups is 4. The van der Waals surface area contributed by atoms with Crippen molar-refractivity contribution in [2.24, 2.45) is 10.2 Å². The lowest BCUT2D eigenvalue weighted by Gasteiger charge is -2.10. The van der Waals surface area contributed by atoms with Crippen LogP contribution in [0.3, 0.4) is 0 Å². The first-order chi connectivity index (χ1) is 29.2. The van der Waals surface area contributed by atoms with Gasteiger partial charge in [-0.05, 0) is 60.7 Å². The average Bonchev–Trinajstić information content (AvgIpc) is 3.27. The maximum atomic E-state index is 13.3. The minimum absolute atomic E-state index is 0.0859. The molecule has 5 aromatic carbocycles. The summed E-state index contributed by atoms with van der Waals surface area (Å²) in [6.07, 6.45) is 5.36. The Bertz CT molecular complexity index is 2680. The Hall–Kier alpha value is -8.78. The van der Waals surface area contributed by atoms with Gasteiger partial charge in [0.25, 0.3) is 23.6 Å². The topological polar surface area (TPSA) is 207 Å². The third kappa shape index (κ3) is 9.77. The SMILES string of the molecule is O=C(NN=Cc1ccc2ccc3ccc(C=NNC(=O)C(=Cc4ccccc4O)NC(=O)c4ccccc4)nc3c2n1)C(=Cc1ccccc1O)NC(=O)c1ccccc1. The van der Waals surface area contributed by atoms with E-state index in [1.54, 1.807) is 109 Å². The van der Waals surface area contributed by atoms with Gasteiger partial charge >= 0.3 is 0 Å². The van der Waals surface area contributed by atoms with E-state index in [1.165, 1.54) is 36.7 Å². The molecule has 0 unspecified atom stereocenters. The minimum atomic E-state index is -0.748. The number of hydrazone groups is 2. The molecule has 6 N–H and O–H groups in total. The van der Waals surface area contributed by atoms with Gasteiger partial charge < -0.3 is 20.8 Å². The Morgan fingerprint density at radius 2 is 0.833 bits per heavy atom. The second-order valence-electron chi connectivity index (χ2n) is 13.0. The largest absolute Gasteiger partial charge is 0.507 e. The highest BCUT2D eigenvalue weighted by Crippen LogP contribution is 2.23. The summed E-state index contributed by atoms with van der Waals surface area (Å²) in [5, 5.41) is 35.5. The van der Waals surface area contributed by atoms with Crippen LogP contribution in [0, 0.1) is 0 Å². The van der Waals surface area contributed by atoms with Crippen molar-refractivity contribution in [3.8, 4) is 11.5 Å². The Balaban J connectivity index is 1.09. The van der Waals surface area contributed by atoms with Gasteiger partial charge in [-0.3, -0.25) is 19.2 Å². The molecule has 7 aromatic rings. The van der Waals surface area contributed by atoms with Crippen LogP contribution in [-0.4, -0.2) is 56.2 Å². The zero-order valence-corrected chi connectivity index (χ0v) is 31.5. The van der Waals surface area contributed by atoms with Crippen molar-refractivity contribution in [1.29, 1.82) is 0 Å². The molecule has 4 amide bonds. The van der Waals surface area contributed by atoms with Gasteiger partial charge in [0.1, 0.15) is 22.9 Å². The van der Waals surface area contributed by atoms with Crippen LogP contribution in [0.1, 0.15) is 43.2 Å². The minimum Gasteiger partial charge on any atom is -0.507 e. The molecule has 60 heavy (non-hydrogen) atoms. The Morgan fingerprint density at radius 3 is 1.23 bits per heavy atom. The number of aromatic nitrogens is 2. The van der Waals surface area contributed by atoms with E-state index >= 15 is 0 Å². The number of fused-ring (bicyclic) bond motifs is 3. The second kappa shape index (κ2) is 18.4. The molecule has 0 aliphatic rings. The molecule has 14 heteroatoms. The summed E-state index contributed by atoms with van der Waals surface area (Å²) >= 11 is 0. The summed E-state index contributed by atoms with van der Waals surface area (Å²) in [6.45, 7) is 0. The van der Waals surface area contributed by atoms with Crippen molar-refractivity contribution in [3.05, 3.63) is 191 Å². The van der Waals surface area contributed by atoms with Crippen LogP contribution < -0.4 is 21.5 Å². The number of hydrogen-bond acceptors (Lipinski definition) is 10. The quantitative estimate of drug-likeness (QED) is 0.0371. The van der Waals surface area contributed by atoms with Gasteiger partial charge in [-0.25, -0.2) is 20.8 Å². The van der Waals surface area contributed by atoms with Gasteiger partial charge in [0.05, 0.1) is 34.9 Å². The normalized spacial score (nSPS) is 11.8. The zero-order chi connectivity index (χ0) is 41.8. The molecule has 7 rings (SSSR count). The van der Waals surface area contributed by atoms with Crippen molar-refractivity contribution in [1.82, 2.24) is 31.5 Å². The number of carbonyl (C=O) groups excluding carboxylic acids is 4. The first kappa shape index (κ1) is 39.5. The standard InChI is InChI=1S/C46H34N8O6/c55-39-17-9-7-15-33(39)25-37(51-43(57)31-11-3-1-4-12-31)45(59)53-47-27-35-23-21-29-19-20-30-22-24-36(50-42(30)41(29)49-35)28-48-54-46(60)38(26-34-16-8-10-18-40(34)56)52-44(58)32-13-5-2-6-14-32/h1-28,55-56H,(H,51,57)(H,52,58)(H,53,59)(H,54,60). The second-order valence-corrected chi connectivity index (χ2v) is 13.0. The molecule has 0 aliphatic carbocycles. The number of para-hydroxylation sites is 2. The van der Waals surface area contributed by atoms with Crippen molar-refractivity contribution in [2.75, 3.05) is 0 Å². The van der Waals surface area contributed by atoms with Gasteiger partial charge in [0.2, 0.25) is 0 Å². The zero-order valence-electron chi connectivity index (χ0n) is 31.5. The molecule has 0 bridgehead atoms. The fourth-order valence-corrected chi connectivity index (χ4v) is 5.79. The van der Waals surface area contributed by atoms with Crippen LogP contribution in [0.2, 0.25) is 0 Å². The van der Waals surface area contributed by atoms with Crippen molar-refractivity contribution in [2.45, 2.75) is 0 Å². The molecule has 0 saturated carbocycles. The third-order valence-corrected chi connectivity index (χ3v) is 8.82. The Kier molecular flexibility index (Phi) is 12.1. The van der Waals surface area contributed by atoms with E-state index < -0.39 is 23.6 Å². The summed E-state index contributed by atoms with van der Waals surface area (Å²) in [5.41, 5.74) is 7.59. The van der Waals surface area contributed by atoms with E-state index in [9.17, 15) is 29.4 Å². The molecule has 0 spiro atoms. The summed E-state index contributed by atoms with van der Waals surface area (Å²) in [7, 11) is 0. The van der Waals surface area contributed by atoms with E-state index in [4.69, 9.17) is 9.97 Å². The Labute approximate surface area is 342 Å². The van der Waals surface area contributed by atoms with Gasteiger partial charge in [-0.2, -0.15) is 10.2 Å². The number of pyridine rings is 2. The van der Waals surface area contributed by atoms with Crippen molar-refractivity contribution < 1.29 is 29.4 Å². The van der Waals surface area contributed by atoms with E-state index in [0.29, 0.717) is 44.7 Å². The van der Waals surface area contributed by atoms with Crippen LogP contribution in [0.15, 0.2) is 167 Å². The number of benzene rings is 5. The monoisotopic (exact) mass is 794 g/mol. The summed E-state index contributed by atoms with van der Waals surface area (Å²) in [5.74, 6) is -2.73. The highest BCUT2D eigenvalue weighted by molar-refractivity contribution is 6.07. The third-order valence-electron chi connectivity index (χ3n) is 8.82. The lowest BCUT2D eigenvalue weighted by atomic mass is 10.1. The number of phenols is 2. The van der Waals surface area contributed by atoms with Crippen molar-refractivity contribution in [3.63, 3.8) is 0 Å². The van der Waals surface area contributed by atoms with Gasteiger partial charge in [0.15, 0.2) is 0 Å².